The van der Waals surface area contributed by atoms with Gasteiger partial charge >= 0.3 is 12.7 Å². The molecule has 8 nitrogen and oxygen atoms in total. The summed E-state index contributed by atoms with van der Waals surface area (Å²) >= 11 is 0. The summed E-state index contributed by atoms with van der Waals surface area (Å²) in [5.41, 5.74) is 0.893. The first-order chi connectivity index (χ1) is 14.0. The largest absolute Gasteiger partial charge is 0.488 e. The Balaban J connectivity index is 1.51. The fourth-order valence-corrected chi connectivity index (χ4v) is 3.92. The van der Waals surface area contributed by atoms with Gasteiger partial charge in [-0.2, -0.15) is 8.78 Å². The maximum Gasteiger partial charge on any atom is 0.407 e. The molecule has 1 unspecified atom stereocenters. The van der Waals surface area contributed by atoms with Crippen molar-refractivity contribution in [1.29, 1.82) is 0 Å². The molecular formula is C19H22F2N2O6. The number of nitrogens with zero attached hydrogens (tertiary/aromatic N) is 2. The molecule has 0 bridgehead atoms. The molecule has 1 spiro atoms. The van der Waals surface area contributed by atoms with Gasteiger partial charge in [-0.25, -0.2) is 4.79 Å². The van der Waals surface area contributed by atoms with Gasteiger partial charge in [0.25, 0.3) is 0 Å². The summed E-state index contributed by atoms with van der Waals surface area (Å²) in [5.74, 6) is 0.00779. The Bertz CT molecular complexity index is 797. The SMILES string of the molecule is O=C(O)N1CCC[C@H]1COc1cc(C2=NOC3(CCOC3)C2)ccc1OC(F)F. The first-order valence-corrected chi connectivity index (χ1v) is 9.50. The fourth-order valence-electron chi connectivity index (χ4n) is 3.92. The van der Waals surface area contributed by atoms with E-state index in [1.54, 1.807) is 12.1 Å². The topological polar surface area (TPSA) is 89.8 Å². The smallest absolute Gasteiger partial charge is 0.407 e. The van der Waals surface area contributed by atoms with Crippen LogP contribution in [0.15, 0.2) is 23.4 Å². The van der Waals surface area contributed by atoms with E-state index in [0.29, 0.717) is 43.9 Å². The third kappa shape index (κ3) is 4.21. The lowest BCUT2D eigenvalue weighted by molar-refractivity contribution is -0.0516. The molecule has 2 fully saturated rings. The molecule has 10 heteroatoms. The van der Waals surface area contributed by atoms with Crippen molar-refractivity contribution in [1.82, 2.24) is 4.90 Å². The quantitative estimate of drug-likeness (QED) is 0.772. The van der Waals surface area contributed by atoms with Gasteiger partial charge in [0.15, 0.2) is 17.1 Å². The number of alkyl halides is 2. The highest BCUT2D eigenvalue weighted by Gasteiger charge is 2.43. The van der Waals surface area contributed by atoms with E-state index in [2.05, 4.69) is 9.89 Å². The second-order valence-electron chi connectivity index (χ2n) is 7.41. The molecule has 2 saturated heterocycles. The van der Waals surface area contributed by atoms with E-state index in [1.165, 1.54) is 11.0 Å². The molecule has 0 radical (unpaired) electrons. The summed E-state index contributed by atoms with van der Waals surface area (Å²) in [6.07, 6.45) is 1.66. The molecule has 158 valence electrons. The van der Waals surface area contributed by atoms with E-state index >= 15 is 0 Å². The van der Waals surface area contributed by atoms with Crippen molar-refractivity contribution in [2.75, 3.05) is 26.4 Å². The minimum absolute atomic E-state index is 0.0517. The second kappa shape index (κ2) is 8.02. The average molecular weight is 412 g/mol. The van der Waals surface area contributed by atoms with Gasteiger partial charge in [0, 0.05) is 24.9 Å². The third-order valence-corrected chi connectivity index (χ3v) is 5.45. The highest BCUT2D eigenvalue weighted by atomic mass is 19.3. The number of ether oxygens (including phenoxy) is 3. The number of amides is 1. The molecule has 0 saturated carbocycles. The summed E-state index contributed by atoms with van der Waals surface area (Å²) in [5, 5.41) is 13.4. The molecule has 1 N–H and O–H groups in total. The number of rotatable bonds is 6. The lowest BCUT2D eigenvalue weighted by Gasteiger charge is -2.22. The van der Waals surface area contributed by atoms with Gasteiger partial charge in [-0.15, -0.1) is 0 Å². The zero-order valence-electron chi connectivity index (χ0n) is 15.7. The minimum Gasteiger partial charge on any atom is -0.488 e. The lowest BCUT2D eigenvalue weighted by Crippen LogP contribution is -2.38. The Morgan fingerprint density at radius 3 is 3.00 bits per heavy atom. The third-order valence-electron chi connectivity index (χ3n) is 5.45. The molecule has 3 aliphatic heterocycles. The van der Waals surface area contributed by atoms with Crippen molar-refractivity contribution < 1.29 is 37.7 Å². The Kier molecular flexibility index (Phi) is 5.44. The molecule has 3 aliphatic rings. The van der Waals surface area contributed by atoms with Crippen molar-refractivity contribution in [3.05, 3.63) is 23.8 Å². The Morgan fingerprint density at radius 2 is 2.28 bits per heavy atom. The van der Waals surface area contributed by atoms with Crippen LogP contribution in [0.1, 0.15) is 31.2 Å². The van der Waals surface area contributed by atoms with E-state index in [1.807, 2.05) is 0 Å². The van der Waals surface area contributed by atoms with Crippen molar-refractivity contribution in [2.24, 2.45) is 5.16 Å². The lowest BCUT2D eigenvalue weighted by atomic mass is 9.93. The predicted octanol–water partition coefficient (Wildman–Crippen LogP) is 3.09. The highest BCUT2D eigenvalue weighted by molar-refractivity contribution is 6.02. The van der Waals surface area contributed by atoms with Crippen LogP contribution in [-0.4, -0.2) is 66.4 Å². The number of carbonyl (C=O) groups is 1. The maximum absolute atomic E-state index is 12.8. The number of carboxylic acid groups (broad SMARTS) is 1. The first kappa shape index (κ1) is 19.7. The summed E-state index contributed by atoms with van der Waals surface area (Å²) in [6, 6.07) is 4.27. The van der Waals surface area contributed by atoms with Gasteiger partial charge in [-0.05, 0) is 31.0 Å². The second-order valence-corrected chi connectivity index (χ2v) is 7.41. The van der Waals surface area contributed by atoms with Gasteiger partial charge in [0.05, 0.1) is 25.0 Å². The molecule has 2 atom stereocenters. The van der Waals surface area contributed by atoms with Crippen LogP contribution in [0.2, 0.25) is 0 Å². The zero-order chi connectivity index (χ0) is 20.4. The normalized spacial score (nSPS) is 26.1. The summed E-state index contributed by atoms with van der Waals surface area (Å²) < 4.78 is 41.3. The van der Waals surface area contributed by atoms with Crippen LogP contribution in [-0.2, 0) is 9.57 Å². The number of benzene rings is 1. The molecule has 29 heavy (non-hydrogen) atoms. The molecule has 1 aromatic carbocycles. The molecule has 0 aromatic heterocycles. The highest BCUT2D eigenvalue weighted by Crippen LogP contribution is 2.37. The molecule has 0 aliphatic carbocycles. The van der Waals surface area contributed by atoms with E-state index in [0.717, 1.165) is 12.8 Å². The number of oxime groups is 1. The summed E-state index contributed by atoms with van der Waals surface area (Å²) in [7, 11) is 0. The van der Waals surface area contributed by atoms with E-state index in [9.17, 15) is 18.7 Å². The van der Waals surface area contributed by atoms with Crippen LogP contribution in [0.4, 0.5) is 13.6 Å². The summed E-state index contributed by atoms with van der Waals surface area (Å²) in [6.45, 7) is -1.45. The van der Waals surface area contributed by atoms with Crippen molar-refractivity contribution in [3.8, 4) is 11.5 Å². The Morgan fingerprint density at radius 1 is 1.41 bits per heavy atom. The van der Waals surface area contributed by atoms with Crippen LogP contribution < -0.4 is 9.47 Å². The van der Waals surface area contributed by atoms with Gasteiger partial charge < -0.3 is 29.1 Å². The maximum atomic E-state index is 12.8. The minimum atomic E-state index is -3.00. The Labute approximate surface area is 166 Å². The fraction of sp³-hybridized carbons (Fsp3) is 0.579. The van der Waals surface area contributed by atoms with Crippen LogP contribution in [0, 0.1) is 0 Å². The average Bonchev–Trinajstić information content (AvgIpc) is 3.42. The van der Waals surface area contributed by atoms with Crippen LogP contribution >= 0.6 is 0 Å². The molecule has 3 heterocycles. The molecule has 1 aromatic rings. The standard InChI is InChI=1S/C19H22F2N2O6/c20-17(21)28-15-4-3-12(14-9-19(29-22-14)5-7-26-11-19)8-16(15)27-10-13-2-1-6-23(13)18(24)25/h3-4,8,13,17H,1-2,5-7,9-11H2,(H,24,25)/t13-,19?/m0/s1. The van der Waals surface area contributed by atoms with Crippen molar-refractivity contribution in [2.45, 2.75) is 43.9 Å². The number of halogens is 2. The van der Waals surface area contributed by atoms with Crippen LogP contribution in [0.5, 0.6) is 11.5 Å². The van der Waals surface area contributed by atoms with E-state index < -0.39 is 18.3 Å². The van der Waals surface area contributed by atoms with Crippen LogP contribution in [0.25, 0.3) is 0 Å². The number of hydrogen-bond acceptors (Lipinski definition) is 6. The van der Waals surface area contributed by atoms with Gasteiger partial charge in [0.1, 0.15) is 6.61 Å². The predicted molar refractivity (Wildman–Crippen MR) is 96.7 cm³/mol. The van der Waals surface area contributed by atoms with E-state index in [-0.39, 0.29) is 24.1 Å². The van der Waals surface area contributed by atoms with Crippen molar-refractivity contribution in [3.63, 3.8) is 0 Å². The number of hydrogen-bond donors (Lipinski definition) is 1. The first-order valence-electron chi connectivity index (χ1n) is 9.50. The summed E-state index contributed by atoms with van der Waals surface area (Å²) in [4.78, 5) is 18.2. The van der Waals surface area contributed by atoms with Crippen LogP contribution in [0.3, 0.4) is 0 Å². The van der Waals surface area contributed by atoms with E-state index in [4.69, 9.17) is 14.3 Å². The van der Waals surface area contributed by atoms with Gasteiger partial charge in [-0.3, -0.25) is 0 Å². The molecule has 4 rings (SSSR count). The van der Waals surface area contributed by atoms with Crippen molar-refractivity contribution >= 4 is 11.8 Å². The Hall–Kier alpha value is -2.62. The van der Waals surface area contributed by atoms with Gasteiger partial charge in [-0.1, -0.05) is 5.16 Å². The monoisotopic (exact) mass is 412 g/mol. The molecule has 1 amide bonds. The van der Waals surface area contributed by atoms with Gasteiger partial charge in [0.2, 0.25) is 0 Å². The number of likely N-dealkylation sites (tertiary alicyclic amines) is 1. The zero-order valence-corrected chi connectivity index (χ0v) is 15.7. The molecular weight excluding hydrogens is 390 g/mol.